The molecule has 0 spiro atoms. The summed E-state index contributed by atoms with van der Waals surface area (Å²) in [5, 5.41) is 1.69. The topological polar surface area (TPSA) is 12.9 Å². The van der Waals surface area contributed by atoms with Gasteiger partial charge in [0, 0.05) is 14.1 Å². The van der Waals surface area contributed by atoms with Crippen LogP contribution in [-0.4, -0.2) is 4.98 Å². The molecule has 2 aromatic carbocycles. The van der Waals surface area contributed by atoms with Gasteiger partial charge in [0.15, 0.2) is 0 Å². The van der Waals surface area contributed by atoms with Crippen LogP contribution >= 0.6 is 7.92 Å². The van der Waals surface area contributed by atoms with Crippen LogP contribution in [0.4, 0.5) is 13.2 Å². The molecule has 0 bridgehead atoms. The highest BCUT2D eigenvalue weighted by Crippen LogP contribution is 2.38. The van der Waals surface area contributed by atoms with E-state index in [0.29, 0.717) is 0 Å². The van der Waals surface area contributed by atoms with Crippen molar-refractivity contribution < 1.29 is 13.2 Å². The van der Waals surface area contributed by atoms with E-state index >= 15 is 0 Å². The van der Waals surface area contributed by atoms with Gasteiger partial charge in [-0.3, -0.25) is 4.98 Å². The minimum Gasteiger partial charge on any atom is -0.255 e. The lowest BCUT2D eigenvalue weighted by Crippen LogP contribution is -2.28. The first kappa shape index (κ1) is 15.7. The summed E-state index contributed by atoms with van der Waals surface area (Å²) < 4.78 is 40.2. The van der Waals surface area contributed by atoms with Crippen LogP contribution in [0.15, 0.2) is 79.0 Å². The van der Waals surface area contributed by atoms with Gasteiger partial charge >= 0.3 is 6.18 Å². The predicted molar refractivity (Wildman–Crippen MR) is 87.9 cm³/mol. The second kappa shape index (κ2) is 6.51. The van der Waals surface area contributed by atoms with Crippen LogP contribution in [0, 0.1) is 0 Å². The average molecular weight is 331 g/mol. The maximum Gasteiger partial charge on any atom is 0.418 e. The molecule has 0 aliphatic heterocycles. The van der Waals surface area contributed by atoms with Crippen molar-refractivity contribution in [1.82, 2.24) is 4.98 Å². The Hall–Kier alpha value is -2.19. The van der Waals surface area contributed by atoms with Crippen molar-refractivity contribution in [2.24, 2.45) is 0 Å². The number of alkyl halides is 3. The van der Waals surface area contributed by atoms with Crippen molar-refractivity contribution in [2.45, 2.75) is 6.18 Å². The molecule has 0 aliphatic carbocycles. The second-order valence-corrected chi connectivity index (χ2v) is 7.01. The summed E-state index contributed by atoms with van der Waals surface area (Å²) >= 11 is 0. The number of hydrogen-bond acceptors (Lipinski definition) is 1. The van der Waals surface area contributed by atoms with Crippen LogP contribution in [0.2, 0.25) is 0 Å². The zero-order valence-electron chi connectivity index (χ0n) is 12.0. The zero-order valence-corrected chi connectivity index (χ0v) is 12.9. The van der Waals surface area contributed by atoms with Gasteiger partial charge in [-0.2, -0.15) is 13.2 Å². The normalized spacial score (nSPS) is 11.7. The highest BCUT2D eigenvalue weighted by atomic mass is 31.1. The van der Waals surface area contributed by atoms with Gasteiger partial charge in [-0.25, -0.2) is 0 Å². The molecule has 1 heterocycles. The number of hydrogen-bond donors (Lipinski definition) is 0. The molecule has 0 amide bonds. The van der Waals surface area contributed by atoms with Crippen molar-refractivity contribution in [3.8, 4) is 0 Å². The van der Waals surface area contributed by atoms with E-state index in [0.717, 1.165) is 16.7 Å². The van der Waals surface area contributed by atoms with E-state index in [4.69, 9.17) is 0 Å². The maximum absolute atomic E-state index is 13.4. The van der Waals surface area contributed by atoms with Crippen LogP contribution in [0.1, 0.15) is 5.56 Å². The monoisotopic (exact) mass is 331 g/mol. The second-order valence-electron chi connectivity index (χ2n) is 4.88. The summed E-state index contributed by atoms with van der Waals surface area (Å²) in [6, 6.07) is 20.9. The number of benzene rings is 2. The van der Waals surface area contributed by atoms with Gasteiger partial charge in [0.05, 0.1) is 11.0 Å². The van der Waals surface area contributed by atoms with Crippen molar-refractivity contribution >= 4 is 24.0 Å². The third-order valence-corrected chi connectivity index (χ3v) is 5.74. The zero-order chi connectivity index (χ0) is 16.3. The average Bonchev–Trinajstić information content (AvgIpc) is 2.57. The molecule has 3 rings (SSSR count). The van der Waals surface area contributed by atoms with Gasteiger partial charge < -0.3 is 0 Å². The van der Waals surface area contributed by atoms with Gasteiger partial charge in [0.2, 0.25) is 0 Å². The number of aromatic nitrogens is 1. The number of nitrogens with zero attached hydrogens (tertiary/aromatic N) is 1. The Kier molecular flexibility index (Phi) is 4.44. The Morgan fingerprint density at radius 3 is 1.70 bits per heavy atom. The van der Waals surface area contributed by atoms with Crippen LogP contribution in [0.3, 0.4) is 0 Å². The first-order valence-corrected chi connectivity index (χ1v) is 8.34. The van der Waals surface area contributed by atoms with Crippen LogP contribution in [0.25, 0.3) is 0 Å². The fraction of sp³-hybridized carbons (Fsp3) is 0.0556. The summed E-state index contributed by atoms with van der Waals surface area (Å²) in [6.45, 7) is 0. The van der Waals surface area contributed by atoms with E-state index in [9.17, 15) is 13.2 Å². The molecule has 0 fully saturated rings. The lowest BCUT2D eigenvalue weighted by atomic mass is 10.3. The van der Waals surface area contributed by atoms with Crippen LogP contribution in [0.5, 0.6) is 0 Å². The van der Waals surface area contributed by atoms with Gasteiger partial charge in [0.25, 0.3) is 0 Å². The molecule has 1 nitrogen and oxygen atoms in total. The predicted octanol–water partition coefficient (Wildman–Crippen LogP) is 3.86. The molecule has 3 aromatic rings. The summed E-state index contributed by atoms with van der Waals surface area (Å²) in [5.74, 6) is 0. The van der Waals surface area contributed by atoms with Gasteiger partial charge in [-0.1, -0.05) is 60.7 Å². The van der Waals surface area contributed by atoms with Gasteiger partial charge in [0.1, 0.15) is 0 Å². The maximum atomic E-state index is 13.4. The molecule has 0 saturated heterocycles. The van der Waals surface area contributed by atoms with E-state index in [2.05, 4.69) is 4.98 Å². The van der Waals surface area contributed by atoms with E-state index in [1.54, 1.807) is 0 Å². The summed E-state index contributed by atoms with van der Waals surface area (Å²) in [4.78, 5) is 4.11. The summed E-state index contributed by atoms with van der Waals surface area (Å²) in [5.41, 5.74) is -0.578. The Balaban J connectivity index is 2.22. The molecule has 1 aromatic heterocycles. The van der Waals surface area contributed by atoms with Crippen LogP contribution < -0.4 is 16.0 Å². The van der Waals surface area contributed by atoms with E-state index in [1.807, 2.05) is 60.7 Å². The summed E-state index contributed by atoms with van der Waals surface area (Å²) in [6.07, 6.45) is -3.00. The van der Waals surface area contributed by atoms with Gasteiger partial charge in [-0.05, 0) is 22.7 Å². The molecule has 0 unspecified atom stereocenters. The molecular weight excluding hydrogens is 318 g/mol. The van der Waals surface area contributed by atoms with E-state index in [-0.39, 0.29) is 5.44 Å². The molecule has 116 valence electrons. The fourth-order valence-corrected chi connectivity index (χ4v) is 4.70. The largest absolute Gasteiger partial charge is 0.418 e. The molecule has 0 radical (unpaired) electrons. The minimum absolute atomic E-state index is 0.0902. The summed E-state index contributed by atoms with van der Waals surface area (Å²) in [7, 11) is -1.36. The van der Waals surface area contributed by atoms with Crippen molar-refractivity contribution in [3.63, 3.8) is 0 Å². The minimum atomic E-state index is -4.42. The molecule has 0 N–H and O–H groups in total. The van der Waals surface area contributed by atoms with Gasteiger partial charge in [-0.15, -0.1) is 0 Å². The highest BCUT2D eigenvalue weighted by molar-refractivity contribution is 7.79. The number of rotatable bonds is 3. The van der Waals surface area contributed by atoms with Crippen molar-refractivity contribution in [3.05, 3.63) is 84.6 Å². The molecular formula is C18H13F3NP. The number of halogens is 3. The fourth-order valence-electron chi connectivity index (χ4n) is 2.34. The molecule has 0 aliphatic rings. The molecule has 23 heavy (non-hydrogen) atoms. The quantitative estimate of drug-likeness (QED) is 0.664. The van der Waals surface area contributed by atoms with E-state index in [1.165, 1.54) is 12.3 Å². The van der Waals surface area contributed by atoms with Crippen molar-refractivity contribution in [1.29, 1.82) is 0 Å². The Bertz CT molecular complexity index is 734. The SMILES string of the molecule is FC(F)(F)c1cccnc1P(c1ccccc1)c1ccccc1. The molecule has 0 atom stereocenters. The van der Waals surface area contributed by atoms with Crippen molar-refractivity contribution in [2.75, 3.05) is 0 Å². The Morgan fingerprint density at radius 2 is 1.22 bits per heavy atom. The first-order valence-electron chi connectivity index (χ1n) is 7.00. The third kappa shape index (κ3) is 3.43. The lowest BCUT2D eigenvalue weighted by molar-refractivity contribution is -0.136. The molecule has 0 saturated carbocycles. The van der Waals surface area contributed by atoms with E-state index < -0.39 is 19.7 Å². The molecule has 5 heteroatoms. The smallest absolute Gasteiger partial charge is 0.255 e. The Morgan fingerprint density at radius 1 is 0.696 bits per heavy atom. The van der Waals surface area contributed by atoms with Crippen LogP contribution in [-0.2, 0) is 6.18 Å². The highest BCUT2D eigenvalue weighted by Gasteiger charge is 2.36. The standard InChI is InChI=1S/C18H13F3NP/c19-18(20,21)16-12-7-13-22-17(16)23(14-8-3-1-4-9-14)15-10-5-2-6-11-15/h1-13H. The number of pyridine rings is 1. The lowest BCUT2D eigenvalue weighted by Gasteiger charge is -2.21. The third-order valence-electron chi connectivity index (χ3n) is 3.33. The first-order chi connectivity index (χ1) is 11.1. The Labute approximate surface area is 133 Å².